The lowest BCUT2D eigenvalue weighted by Gasteiger charge is -2.34. The predicted molar refractivity (Wildman–Crippen MR) is 103 cm³/mol. The normalized spacial score (nSPS) is 17.2. The number of nitrogens with one attached hydrogen (secondary N) is 1. The molecule has 26 heavy (non-hydrogen) atoms. The fourth-order valence-electron chi connectivity index (χ4n) is 3.34. The number of benzene rings is 1. The van der Waals surface area contributed by atoms with Crippen molar-refractivity contribution in [3.8, 4) is 0 Å². The summed E-state index contributed by atoms with van der Waals surface area (Å²) in [6, 6.07) is 10.3. The molecule has 5 nitrogen and oxygen atoms in total. The van der Waals surface area contributed by atoms with Crippen molar-refractivity contribution >= 4 is 5.91 Å². The van der Waals surface area contributed by atoms with Crippen LogP contribution in [-0.2, 0) is 11.3 Å². The lowest BCUT2D eigenvalue weighted by Crippen LogP contribution is -2.49. The van der Waals surface area contributed by atoms with Crippen LogP contribution in [0.25, 0.3) is 0 Å². The number of piperazine rings is 1. The first kappa shape index (κ1) is 18.7. The Bertz CT molecular complexity index is 719. The molecule has 140 valence electrons. The predicted octanol–water partition coefficient (Wildman–Crippen LogP) is 2.89. The zero-order chi connectivity index (χ0) is 18.5. The van der Waals surface area contributed by atoms with E-state index < -0.39 is 0 Å². The maximum atomic E-state index is 12.4. The SMILES string of the molecule is Cc1ccc(C(C)NC(=O)CN2CCN(Cc3ccco3)CC2)cc1C. The Kier molecular flexibility index (Phi) is 6.12. The van der Waals surface area contributed by atoms with Gasteiger partial charge in [-0.2, -0.15) is 0 Å². The summed E-state index contributed by atoms with van der Waals surface area (Å²) in [5, 5.41) is 3.13. The van der Waals surface area contributed by atoms with Crippen LogP contribution in [0, 0.1) is 13.8 Å². The molecule has 0 saturated carbocycles. The number of hydrogen-bond acceptors (Lipinski definition) is 4. The number of carbonyl (C=O) groups excluding carboxylic acids is 1. The smallest absolute Gasteiger partial charge is 0.234 e. The first-order valence-corrected chi connectivity index (χ1v) is 9.35. The molecule has 2 heterocycles. The van der Waals surface area contributed by atoms with Gasteiger partial charge in [-0.3, -0.25) is 14.6 Å². The Morgan fingerprint density at radius 1 is 1.12 bits per heavy atom. The highest BCUT2D eigenvalue weighted by Gasteiger charge is 2.20. The summed E-state index contributed by atoms with van der Waals surface area (Å²) >= 11 is 0. The summed E-state index contributed by atoms with van der Waals surface area (Å²) in [5.74, 6) is 1.09. The standard InChI is InChI=1S/C21H29N3O2/c1-16-6-7-19(13-17(16)2)18(3)22-21(25)15-24-10-8-23(9-11-24)14-20-5-4-12-26-20/h4-7,12-13,18H,8-11,14-15H2,1-3H3,(H,22,25). The van der Waals surface area contributed by atoms with Gasteiger partial charge in [-0.1, -0.05) is 18.2 Å². The highest BCUT2D eigenvalue weighted by Crippen LogP contribution is 2.17. The second kappa shape index (κ2) is 8.52. The number of rotatable bonds is 6. The second-order valence-electron chi connectivity index (χ2n) is 7.26. The third-order valence-electron chi connectivity index (χ3n) is 5.20. The number of nitrogens with zero attached hydrogens (tertiary/aromatic N) is 2. The van der Waals surface area contributed by atoms with E-state index in [0.29, 0.717) is 6.54 Å². The second-order valence-corrected chi connectivity index (χ2v) is 7.26. The van der Waals surface area contributed by atoms with E-state index in [0.717, 1.165) is 44.0 Å². The quantitative estimate of drug-likeness (QED) is 0.866. The first-order chi connectivity index (χ1) is 12.5. The van der Waals surface area contributed by atoms with E-state index in [-0.39, 0.29) is 11.9 Å². The lowest BCUT2D eigenvalue weighted by molar-refractivity contribution is -0.123. The molecule has 5 heteroatoms. The van der Waals surface area contributed by atoms with E-state index in [1.807, 2.05) is 19.1 Å². The van der Waals surface area contributed by atoms with Gasteiger partial charge >= 0.3 is 0 Å². The van der Waals surface area contributed by atoms with Gasteiger partial charge in [0.25, 0.3) is 0 Å². The van der Waals surface area contributed by atoms with Gasteiger partial charge in [0.2, 0.25) is 5.91 Å². The summed E-state index contributed by atoms with van der Waals surface area (Å²) in [5.41, 5.74) is 3.70. The van der Waals surface area contributed by atoms with Crippen molar-refractivity contribution in [2.24, 2.45) is 0 Å². The number of hydrogen-bond donors (Lipinski definition) is 1. The largest absolute Gasteiger partial charge is 0.468 e. The summed E-state index contributed by atoms with van der Waals surface area (Å²) in [4.78, 5) is 17.0. The van der Waals surface area contributed by atoms with Gasteiger partial charge < -0.3 is 9.73 Å². The molecule has 1 saturated heterocycles. The van der Waals surface area contributed by atoms with Crippen LogP contribution in [0.2, 0.25) is 0 Å². The zero-order valence-corrected chi connectivity index (χ0v) is 16.0. The lowest BCUT2D eigenvalue weighted by atomic mass is 10.0. The molecular weight excluding hydrogens is 326 g/mol. The fourth-order valence-corrected chi connectivity index (χ4v) is 3.34. The molecule has 1 atom stereocenters. The van der Waals surface area contributed by atoms with Crippen molar-refractivity contribution in [2.75, 3.05) is 32.7 Å². The van der Waals surface area contributed by atoms with Crippen LogP contribution in [-0.4, -0.2) is 48.4 Å². The van der Waals surface area contributed by atoms with Crippen LogP contribution in [0.5, 0.6) is 0 Å². The Morgan fingerprint density at radius 3 is 2.50 bits per heavy atom. The fraction of sp³-hybridized carbons (Fsp3) is 0.476. The van der Waals surface area contributed by atoms with E-state index in [1.165, 1.54) is 11.1 Å². The molecule has 1 amide bonds. The zero-order valence-electron chi connectivity index (χ0n) is 16.0. The van der Waals surface area contributed by atoms with Crippen LogP contribution in [0.15, 0.2) is 41.0 Å². The van der Waals surface area contributed by atoms with Crippen molar-refractivity contribution in [3.05, 3.63) is 59.0 Å². The Balaban J connectivity index is 1.43. The molecule has 1 aliphatic heterocycles. The van der Waals surface area contributed by atoms with E-state index in [9.17, 15) is 4.79 Å². The first-order valence-electron chi connectivity index (χ1n) is 9.35. The summed E-state index contributed by atoms with van der Waals surface area (Å²) < 4.78 is 5.41. The summed E-state index contributed by atoms with van der Waals surface area (Å²) in [6.07, 6.45) is 1.71. The Hall–Kier alpha value is -2.11. The van der Waals surface area contributed by atoms with Crippen LogP contribution in [0.3, 0.4) is 0 Å². The van der Waals surface area contributed by atoms with Gasteiger partial charge in [-0.25, -0.2) is 0 Å². The van der Waals surface area contributed by atoms with Crippen LogP contribution in [0.1, 0.15) is 35.4 Å². The minimum atomic E-state index is 0.0297. The highest BCUT2D eigenvalue weighted by atomic mass is 16.3. The molecule has 1 unspecified atom stereocenters. The third kappa shape index (κ3) is 4.96. The molecule has 1 N–H and O–H groups in total. The van der Waals surface area contributed by atoms with Crippen LogP contribution < -0.4 is 5.32 Å². The molecule has 1 aliphatic rings. The molecule has 1 aromatic carbocycles. The molecule has 0 aliphatic carbocycles. The molecule has 2 aromatic rings. The molecule has 0 spiro atoms. The van der Waals surface area contributed by atoms with Gasteiger partial charge in [0.15, 0.2) is 0 Å². The molecule has 1 aromatic heterocycles. The summed E-state index contributed by atoms with van der Waals surface area (Å²) in [6.45, 7) is 11.3. The minimum absolute atomic E-state index is 0.0297. The number of amides is 1. The van der Waals surface area contributed by atoms with Gasteiger partial charge in [-0.15, -0.1) is 0 Å². The Morgan fingerprint density at radius 2 is 1.85 bits per heavy atom. The van der Waals surface area contributed by atoms with Crippen molar-refractivity contribution in [3.63, 3.8) is 0 Å². The molecule has 3 rings (SSSR count). The molecular formula is C21H29N3O2. The average molecular weight is 355 g/mol. The summed E-state index contributed by atoms with van der Waals surface area (Å²) in [7, 11) is 0. The van der Waals surface area contributed by atoms with Crippen molar-refractivity contribution in [2.45, 2.75) is 33.4 Å². The highest BCUT2D eigenvalue weighted by molar-refractivity contribution is 5.78. The van der Waals surface area contributed by atoms with Crippen molar-refractivity contribution < 1.29 is 9.21 Å². The third-order valence-corrected chi connectivity index (χ3v) is 5.20. The monoisotopic (exact) mass is 355 g/mol. The molecule has 0 bridgehead atoms. The number of furan rings is 1. The van der Waals surface area contributed by atoms with Crippen LogP contribution >= 0.6 is 0 Å². The van der Waals surface area contributed by atoms with E-state index >= 15 is 0 Å². The van der Waals surface area contributed by atoms with Crippen LogP contribution in [0.4, 0.5) is 0 Å². The van der Waals surface area contributed by atoms with Gasteiger partial charge in [0.1, 0.15) is 5.76 Å². The van der Waals surface area contributed by atoms with E-state index in [4.69, 9.17) is 4.42 Å². The number of aryl methyl sites for hydroxylation is 2. The van der Waals surface area contributed by atoms with Crippen molar-refractivity contribution in [1.29, 1.82) is 0 Å². The van der Waals surface area contributed by atoms with Crippen molar-refractivity contribution in [1.82, 2.24) is 15.1 Å². The maximum Gasteiger partial charge on any atom is 0.234 e. The van der Waals surface area contributed by atoms with E-state index in [1.54, 1.807) is 6.26 Å². The van der Waals surface area contributed by atoms with E-state index in [2.05, 4.69) is 47.2 Å². The van der Waals surface area contributed by atoms with Gasteiger partial charge in [-0.05, 0) is 49.6 Å². The molecule has 0 radical (unpaired) electrons. The topological polar surface area (TPSA) is 48.7 Å². The minimum Gasteiger partial charge on any atom is -0.468 e. The maximum absolute atomic E-state index is 12.4. The average Bonchev–Trinajstić information content (AvgIpc) is 3.12. The number of carbonyl (C=O) groups is 1. The van der Waals surface area contributed by atoms with Gasteiger partial charge in [0, 0.05) is 26.2 Å². The Labute approximate surface area is 156 Å². The van der Waals surface area contributed by atoms with Gasteiger partial charge in [0.05, 0.1) is 25.4 Å². The molecule has 1 fully saturated rings.